The molecular weight excluding hydrogens is 524 g/mol. The summed E-state index contributed by atoms with van der Waals surface area (Å²) in [5, 5.41) is 2.27. The van der Waals surface area contributed by atoms with E-state index in [0.717, 1.165) is 50.3 Å². The number of fused-ring (bicyclic) bond motifs is 3. The van der Waals surface area contributed by atoms with Crippen molar-refractivity contribution in [2.45, 2.75) is 0 Å². The molecule has 0 saturated carbocycles. The van der Waals surface area contributed by atoms with E-state index in [1.807, 2.05) is 36.7 Å². The van der Waals surface area contributed by atoms with E-state index in [1.165, 1.54) is 22.3 Å². The van der Waals surface area contributed by atoms with E-state index in [2.05, 4.69) is 131 Å². The second-order valence-electron chi connectivity index (χ2n) is 10.5. The number of nitrogens with zero attached hydrogens (tertiary/aromatic N) is 4. The molecule has 0 fully saturated rings. The van der Waals surface area contributed by atoms with Crippen molar-refractivity contribution in [2.24, 2.45) is 0 Å². The predicted molar refractivity (Wildman–Crippen MR) is 176 cm³/mol. The number of benzene rings is 4. The molecule has 4 aromatic carbocycles. The lowest BCUT2D eigenvalue weighted by molar-refractivity contribution is 1.08. The van der Waals surface area contributed by atoms with Gasteiger partial charge >= 0.3 is 0 Å². The second kappa shape index (κ2) is 10.5. The smallest absolute Gasteiger partial charge is 0.138 e. The van der Waals surface area contributed by atoms with E-state index in [9.17, 15) is 0 Å². The molecule has 0 unspecified atom stereocenters. The Kier molecular flexibility index (Phi) is 6.08. The maximum absolute atomic E-state index is 5.12. The van der Waals surface area contributed by atoms with Crippen molar-refractivity contribution in [1.82, 2.24) is 19.5 Å². The highest BCUT2D eigenvalue weighted by Gasteiger charge is 2.15. The van der Waals surface area contributed by atoms with Crippen LogP contribution >= 0.6 is 0 Å². The third-order valence-electron chi connectivity index (χ3n) is 7.93. The van der Waals surface area contributed by atoms with Crippen molar-refractivity contribution in [3.05, 3.63) is 158 Å². The third kappa shape index (κ3) is 4.46. The number of hydrogen-bond donors (Lipinski definition) is 0. The van der Waals surface area contributed by atoms with Crippen molar-refractivity contribution < 1.29 is 0 Å². The molecule has 0 aliphatic rings. The Bertz CT molecular complexity index is 2180. The summed E-state index contributed by atoms with van der Waals surface area (Å²) in [6.07, 6.45) is 3.76. The summed E-state index contributed by atoms with van der Waals surface area (Å²) >= 11 is 0. The molecule has 0 spiro atoms. The zero-order valence-electron chi connectivity index (χ0n) is 23.3. The van der Waals surface area contributed by atoms with Crippen LogP contribution in [0.15, 0.2) is 158 Å². The largest absolute Gasteiger partial charge is 0.294 e. The monoisotopic (exact) mass is 550 g/mol. The highest BCUT2D eigenvalue weighted by Crippen LogP contribution is 2.36. The van der Waals surface area contributed by atoms with E-state index in [-0.39, 0.29) is 0 Å². The predicted octanol–water partition coefficient (Wildman–Crippen LogP) is 9.64. The first-order chi connectivity index (χ1) is 21.3. The lowest BCUT2D eigenvalue weighted by Crippen LogP contribution is -1.99. The van der Waals surface area contributed by atoms with Gasteiger partial charge in [0.25, 0.3) is 0 Å². The molecular formula is C39H26N4. The van der Waals surface area contributed by atoms with E-state index in [1.54, 1.807) is 0 Å². The first-order valence-corrected chi connectivity index (χ1v) is 14.4. The lowest BCUT2D eigenvalue weighted by Gasteiger charge is -2.13. The van der Waals surface area contributed by atoms with E-state index in [4.69, 9.17) is 9.97 Å². The Labute approximate surface area is 249 Å². The Balaban J connectivity index is 1.23. The van der Waals surface area contributed by atoms with Crippen molar-refractivity contribution in [1.29, 1.82) is 0 Å². The van der Waals surface area contributed by atoms with E-state index < -0.39 is 0 Å². The maximum atomic E-state index is 5.12. The number of aromatic nitrogens is 4. The van der Waals surface area contributed by atoms with Gasteiger partial charge in [-0.15, -0.1) is 0 Å². The third-order valence-corrected chi connectivity index (χ3v) is 7.93. The van der Waals surface area contributed by atoms with Crippen LogP contribution in [0.25, 0.3) is 72.5 Å². The maximum Gasteiger partial charge on any atom is 0.138 e. The first-order valence-electron chi connectivity index (χ1n) is 14.4. The lowest BCUT2D eigenvalue weighted by atomic mass is 9.92. The van der Waals surface area contributed by atoms with Crippen LogP contribution in [0.2, 0.25) is 0 Å². The minimum absolute atomic E-state index is 0.823. The molecule has 0 aliphatic heterocycles. The molecule has 202 valence electrons. The standard InChI is InChI=1S/C39H26N4/c1-3-11-27(12-4-1)30-22-21-29(25-32(30)28-13-5-2-6-14-28)34-16-9-17-35(41-34)36-18-10-20-39(42-36)43-37-19-8-7-15-31(37)33-26-40-24-23-38(33)43/h1-26H. The molecule has 4 nitrogen and oxygen atoms in total. The van der Waals surface area contributed by atoms with Gasteiger partial charge < -0.3 is 0 Å². The fraction of sp³-hybridized carbons (Fsp3) is 0. The van der Waals surface area contributed by atoms with E-state index in [0.29, 0.717) is 0 Å². The van der Waals surface area contributed by atoms with Crippen LogP contribution in [0.4, 0.5) is 0 Å². The van der Waals surface area contributed by atoms with Crippen molar-refractivity contribution >= 4 is 21.8 Å². The van der Waals surface area contributed by atoms with Gasteiger partial charge in [-0.2, -0.15) is 0 Å². The average molecular weight is 551 g/mol. The summed E-state index contributed by atoms with van der Waals surface area (Å²) in [6.45, 7) is 0. The Morgan fingerprint density at radius 2 is 1.07 bits per heavy atom. The van der Waals surface area contributed by atoms with Gasteiger partial charge in [0.05, 0.1) is 28.1 Å². The van der Waals surface area contributed by atoms with Crippen LogP contribution in [0, 0.1) is 0 Å². The van der Waals surface area contributed by atoms with Crippen LogP contribution in [0.3, 0.4) is 0 Å². The summed E-state index contributed by atoms with van der Waals surface area (Å²) in [6, 6.07) is 50.4. The quantitative estimate of drug-likeness (QED) is 0.214. The van der Waals surface area contributed by atoms with Gasteiger partial charge in [0, 0.05) is 28.7 Å². The van der Waals surface area contributed by atoms with Gasteiger partial charge in [-0.25, -0.2) is 9.97 Å². The van der Waals surface area contributed by atoms with Crippen molar-refractivity contribution in [2.75, 3.05) is 0 Å². The fourth-order valence-corrected chi connectivity index (χ4v) is 5.92. The molecule has 4 aromatic heterocycles. The topological polar surface area (TPSA) is 43.6 Å². The molecule has 0 N–H and O–H groups in total. The molecule has 0 atom stereocenters. The number of pyridine rings is 3. The highest BCUT2D eigenvalue weighted by atomic mass is 15.1. The zero-order chi connectivity index (χ0) is 28.6. The van der Waals surface area contributed by atoms with Gasteiger partial charge in [0.15, 0.2) is 0 Å². The summed E-state index contributed by atoms with van der Waals surface area (Å²) in [4.78, 5) is 14.6. The minimum atomic E-state index is 0.823. The first kappa shape index (κ1) is 24.9. The van der Waals surface area contributed by atoms with Crippen molar-refractivity contribution in [3.63, 3.8) is 0 Å². The molecule has 0 radical (unpaired) electrons. The number of para-hydroxylation sites is 1. The molecule has 43 heavy (non-hydrogen) atoms. The molecule has 0 amide bonds. The molecule has 4 heterocycles. The average Bonchev–Trinajstić information content (AvgIpc) is 3.43. The second-order valence-corrected chi connectivity index (χ2v) is 10.5. The molecule has 8 rings (SSSR count). The van der Waals surface area contributed by atoms with Crippen LogP contribution in [0.5, 0.6) is 0 Å². The van der Waals surface area contributed by atoms with E-state index >= 15 is 0 Å². The van der Waals surface area contributed by atoms with Gasteiger partial charge in [0.1, 0.15) is 5.82 Å². The van der Waals surface area contributed by atoms with Gasteiger partial charge in [-0.3, -0.25) is 9.55 Å². The molecule has 8 aromatic rings. The summed E-state index contributed by atoms with van der Waals surface area (Å²) < 4.78 is 2.20. The molecule has 0 aliphatic carbocycles. The Morgan fingerprint density at radius 1 is 0.419 bits per heavy atom. The summed E-state index contributed by atoms with van der Waals surface area (Å²) in [5.41, 5.74) is 10.5. The van der Waals surface area contributed by atoms with Gasteiger partial charge in [-0.05, 0) is 64.7 Å². The number of hydrogen-bond acceptors (Lipinski definition) is 3. The van der Waals surface area contributed by atoms with Gasteiger partial charge in [-0.1, -0.05) is 103 Å². The molecule has 0 saturated heterocycles. The van der Waals surface area contributed by atoms with Crippen LogP contribution < -0.4 is 0 Å². The summed E-state index contributed by atoms with van der Waals surface area (Å²) in [5.74, 6) is 0.848. The zero-order valence-corrected chi connectivity index (χ0v) is 23.3. The van der Waals surface area contributed by atoms with Crippen molar-refractivity contribution in [3.8, 4) is 50.7 Å². The Morgan fingerprint density at radius 3 is 1.88 bits per heavy atom. The van der Waals surface area contributed by atoms with Gasteiger partial charge in [0.2, 0.25) is 0 Å². The molecule has 0 bridgehead atoms. The molecule has 4 heteroatoms. The SMILES string of the molecule is c1ccc(-c2ccc(-c3cccc(-c4cccc(-n5c6ccccc6c6cnccc65)n4)n3)cc2-c2ccccc2)cc1. The van der Waals surface area contributed by atoms with Crippen LogP contribution in [-0.2, 0) is 0 Å². The fourth-order valence-electron chi connectivity index (χ4n) is 5.92. The normalized spacial score (nSPS) is 11.3. The number of rotatable bonds is 5. The summed E-state index contributed by atoms with van der Waals surface area (Å²) in [7, 11) is 0. The van der Waals surface area contributed by atoms with Crippen LogP contribution in [-0.4, -0.2) is 19.5 Å². The minimum Gasteiger partial charge on any atom is -0.294 e. The Hall–Kier alpha value is -5.87. The van der Waals surface area contributed by atoms with Crippen LogP contribution in [0.1, 0.15) is 0 Å². The highest BCUT2D eigenvalue weighted by molar-refractivity contribution is 6.08.